The molecule has 6 rings (SSSR count). The van der Waals surface area contributed by atoms with E-state index in [4.69, 9.17) is 18.3 Å². The highest BCUT2D eigenvalue weighted by atomic mass is 32.2. The van der Waals surface area contributed by atoms with E-state index in [1.807, 2.05) is 60.7 Å². The molecule has 2 aromatic heterocycles. The number of nitrogens with one attached hydrogen (secondary N) is 2. The van der Waals surface area contributed by atoms with E-state index >= 15 is 0 Å². The molecule has 0 unspecified atom stereocenters. The SMILES string of the molecule is Cc1ccccc1S(=O)(=O)NCc1cc(=O)c(OCc2ccccc2)co1.Cc1ccccc1S(=O)(=O)NCc1cc(=O)c(OCc2ccccc2)co1. The minimum atomic E-state index is -3.70. The summed E-state index contributed by atoms with van der Waals surface area (Å²) in [6.45, 7) is 3.65. The third-order valence-corrected chi connectivity index (χ3v) is 10.9. The van der Waals surface area contributed by atoms with Gasteiger partial charge in [0, 0.05) is 12.1 Å². The molecule has 2 N–H and O–H groups in total. The maximum atomic E-state index is 12.4. The summed E-state index contributed by atoms with van der Waals surface area (Å²) in [5, 5.41) is 0. The summed E-state index contributed by atoms with van der Waals surface area (Å²) >= 11 is 0. The van der Waals surface area contributed by atoms with Crippen molar-refractivity contribution in [1.29, 1.82) is 0 Å². The van der Waals surface area contributed by atoms with Crippen LogP contribution < -0.4 is 29.8 Å². The molecule has 0 saturated heterocycles. The maximum absolute atomic E-state index is 12.4. The van der Waals surface area contributed by atoms with E-state index < -0.39 is 20.0 Å². The van der Waals surface area contributed by atoms with Crippen LogP contribution in [0, 0.1) is 13.8 Å². The van der Waals surface area contributed by atoms with Gasteiger partial charge in [0.05, 0.1) is 22.9 Å². The fraction of sp³-hybridized carbons (Fsp3) is 0.150. The van der Waals surface area contributed by atoms with Gasteiger partial charge in [-0.25, -0.2) is 26.3 Å². The Kier molecular flexibility index (Phi) is 13.4. The number of hydrogen-bond acceptors (Lipinski definition) is 10. The molecule has 0 spiro atoms. The lowest BCUT2D eigenvalue weighted by molar-refractivity contribution is 0.289. The molecule has 4 aromatic carbocycles. The fourth-order valence-corrected chi connectivity index (χ4v) is 7.42. The van der Waals surface area contributed by atoms with Crippen molar-refractivity contribution in [2.75, 3.05) is 0 Å². The van der Waals surface area contributed by atoms with Crippen LogP contribution in [0.2, 0.25) is 0 Å². The number of benzene rings is 4. The van der Waals surface area contributed by atoms with Crippen molar-refractivity contribution < 1.29 is 35.1 Å². The third kappa shape index (κ3) is 11.1. The summed E-state index contributed by atoms with van der Waals surface area (Å²) in [7, 11) is -7.40. The minimum Gasteiger partial charge on any atom is -0.482 e. The molecule has 54 heavy (non-hydrogen) atoms. The Labute approximate surface area is 313 Å². The van der Waals surface area contributed by atoms with Crippen molar-refractivity contribution in [2.45, 2.75) is 49.9 Å². The van der Waals surface area contributed by atoms with E-state index in [1.54, 1.807) is 50.2 Å². The van der Waals surface area contributed by atoms with Crippen molar-refractivity contribution >= 4 is 20.0 Å². The fourth-order valence-electron chi connectivity index (χ4n) is 4.95. The highest BCUT2D eigenvalue weighted by molar-refractivity contribution is 7.89. The average Bonchev–Trinajstić information content (AvgIpc) is 3.17. The second-order valence-electron chi connectivity index (χ2n) is 11.9. The van der Waals surface area contributed by atoms with Gasteiger partial charge in [0.1, 0.15) is 37.3 Å². The first-order chi connectivity index (χ1) is 25.9. The molecule has 0 radical (unpaired) electrons. The molecule has 0 bridgehead atoms. The van der Waals surface area contributed by atoms with Crippen LogP contribution in [0.1, 0.15) is 33.8 Å². The molecular weight excluding hydrogens is 733 g/mol. The van der Waals surface area contributed by atoms with Gasteiger partial charge in [-0.1, -0.05) is 97.1 Å². The van der Waals surface area contributed by atoms with Gasteiger partial charge in [0.15, 0.2) is 0 Å². The van der Waals surface area contributed by atoms with Gasteiger partial charge in [0.2, 0.25) is 42.4 Å². The second kappa shape index (κ2) is 18.3. The van der Waals surface area contributed by atoms with Crippen LogP contribution in [-0.2, 0) is 46.3 Å². The van der Waals surface area contributed by atoms with Crippen LogP contribution in [0.4, 0.5) is 0 Å². The maximum Gasteiger partial charge on any atom is 0.241 e. The quantitative estimate of drug-likeness (QED) is 0.134. The molecule has 14 heteroatoms. The van der Waals surface area contributed by atoms with Crippen LogP contribution in [0.3, 0.4) is 0 Å². The topological polar surface area (TPSA) is 171 Å². The molecular formula is C40H38N2O10S2. The molecule has 6 aromatic rings. The Hall–Kier alpha value is -5.80. The van der Waals surface area contributed by atoms with E-state index in [1.165, 1.54) is 36.8 Å². The monoisotopic (exact) mass is 770 g/mol. The zero-order chi connectivity index (χ0) is 38.6. The van der Waals surface area contributed by atoms with E-state index in [-0.39, 0.29) is 70.0 Å². The second-order valence-corrected chi connectivity index (χ2v) is 15.3. The minimum absolute atomic E-state index is 0.0735. The van der Waals surface area contributed by atoms with Crippen LogP contribution in [-0.4, -0.2) is 16.8 Å². The van der Waals surface area contributed by atoms with Gasteiger partial charge in [-0.15, -0.1) is 0 Å². The number of sulfonamides is 2. The third-order valence-electron chi connectivity index (χ3n) is 7.82. The summed E-state index contributed by atoms with van der Waals surface area (Å²) in [6.07, 6.45) is 2.39. The first-order valence-corrected chi connectivity index (χ1v) is 19.6. The van der Waals surface area contributed by atoms with E-state index in [0.29, 0.717) is 11.1 Å². The summed E-state index contributed by atoms with van der Waals surface area (Å²) in [4.78, 5) is 24.7. The lowest BCUT2D eigenvalue weighted by Gasteiger charge is -2.09. The van der Waals surface area contributed by atoms with Gasteiger partial charge in [0.25, 0.3) is 0 Å². The first-order valence-electron chi connectivity index (χ1n) is 16.6. The first kappa shape index (κ1) is 39.4. The van der Waals surface area contributed by atoms with Crippen molar-refractivity contribution in [3.63, 3.8) is 0 Å². The standard InChI is InChI=1S/2C20H19NO5S/c2*1-15-7-5-6-10-20(15)27(23,24)21-12-17-11-18(22)19(14-25-17)26-13-16-8-3-2-4-9-16/h2*2-11,14,21H,12-13H2,1H3. The van der Waals surface area contributed by atoms with Crippen molar-refractivity contribution in [3.05, 3.63) is 188 Å². The molecule has 0 aliphatic carbocycles. The predicted octanol–water partition coefficient (Wildman–Crippen LogP) is 6.01. The van der Waals surface area contributed by atoms with Crippen molar-refractivity contribution in [1.82, 2.24) is 9.44 Å². The Bertz CT molecular complexity index is 2330. The van der Waals surface area contributed by atoms with Crippen LogP contribution >= 0.6 is 0 Å². The van der Waals surface area contributed by atoms with Crippen molar-refractivity contribution in [3.8, 4) is 11.5 Å². The van der Waals surface area contributed by atoms with Gasteiger partial charge in [-0.2, -0.15) is 0 Å². The molecule has 0 aliphatic heterocycles. The number of hydrogen-bond donors (Lipinski definition) is 2. The summed E-state index contributed by atoms with van der Waals surface area (Å²) in [5.74, 6) is 0.544. The summed E-state index contributed by atoms with van der Waals surface area (Å²) in [6, 6.07) is 34.6. The smallest absolute Gasteiger partial charge is 0.241 e. The average molecular weight is 771 g/mol. The van der Waals surface area contributed by atoms with E-state index in [0.717, 1.165) is 11.1 Å². The Morgan fingerprint density at radius 2 is 0.870 bits per heavy atom. The molecule has 0 saturated carbocycles. The molecule has 0 atom stereocenters. The zero-order valence-corrected chi connectivity index (χ0v) is 31.1. The molecule has 0 amide bonds. The lowest BCUT2D eigenvalue weighted by atomic mass is 10.2. The lowest BCUT2D eigenvalue weighted by Crippen LogP contribution is -2.24. The summed E-state index contributed by atoms with van der Waals surface area (Å²) in [5.41, 5.74) is 2.37. The number of aryl methyl sites for hydroxylation is 2. The molecule has 280 valence electrons. The largest absolute Gasteiger partial charge is 0.482 e. The highest BCUT2D eigenvalue weighted by Crippen LogP contribution is 2.17. The Morgan fingerprint density at radius 1 is 0.519 bits per heavy atom. The molecule has 0 aliphatic rings. The summed E-state index contributed by atoms with van der Waals surface area (Å²) < 4.78 is 76.0. The van der Waals surface area contributed by atoms with Gasteiger partial charge in [-0.05, 0) is 48.2 Å². The van der Waals surface area contributed by atoms with E-state index in [2.05, 4.69) is 9.44 Å². The van der Waals surface area contributed by atoms with Gasteiger partial charge < -0.3 is 18.3 Å². The van der Waals surface area contributed by atoms with Gasteiger partial charge >= 0.3 is 0 Å². The van der Waals surface area contributed by atoms with E-state index in [9.17, 15) is 26.4 Å². The van der Waals surface area contributed by atoms with Crippen LogP contribution in [0.25, 0.3) is 0 Å². The molecule has 2 heterocycles. The van der Waals surface area contributed by atoms with Crippen LogP contribution in [0.15, 0.2) is 162 Å². The number of ether oxygens (including phenoxy) is 2. The molecule has 0 fully saturated rings. The Morgan fingerprint density at radius 3 is 1.22 bits per heavy atom. The van der Waals surface area contributed by atoms with Crippen molar-refractivity contribution in [2.24, 2.45) is 0 Å². The number of rotatable bonds is 14. The Balaban J connectivity index is 0.000000208. The van der Waals surface area contributed by atoms with Gasteiger partial charge in [-0.3, -0.25) is 9.59 Å². The zero-order valence-electron chi connectivity index (χ0n) is 29.4. The predicted molar refractivity (Wildman–Crippen MR) is 202 cm³/mol. The molecule has 12 nitrogen and oxygen atoms in total. The highest BCUT2D eigenvalue weighted by Gasteiger charge is 2.18. The van der Waals surface area contributed by atoms with Crippen LogP contribution in [0.5, 0.6) is 11.5 Å². The normalized spacial score (nSPS) is 11.3.